The zero-order chi connectivity index (χ0) is 14.4. The first-order valence-corrected chi connectivity index (χ1v) is 7.29. The zero-order valence-corrected chi connectivity index (χ0v) is 12.1. The van der Waals surface area contributed by atoms with Crippen LogP contribution in [-0.2, 0) is 22.7 Å². The predicted octanol–water partition coefficient (Wildman–Crippen LogP) is 1.82. The minimum absolute atomic E-state index is 0.0992. The summed E-state index contributed by atoms with van der Waals surface area (Å²) in [5.41, 5.74) is 7.96. The van der Waals surface area contributed by atoms with Crippen LogP contribution in [0.1, 0.15) is 30.4 Å². The van der Waals surface area contributed by atoms with Crippen molar-refractivity contribution in [1.82, 2.24) is 5.32 Å². The van der Waals surface area contributed by atoms with Crippen LogP contribution in [0.25, 0.3) is 0 Å². The molecule has 1 aromatic carbocycles. The maximum Gasteiger partial charge on any atom is 0.223 e. The van der Waals surface area contributed by atoms with E-state index in [0.717, 1.165) is 30.4 Å². The average molecular weight is 276 g/mol. The number of amides is 1. The molecule has 1 amide bonds. The fraction of sp³-hybridized carbons (Fsp3) is 0.562. The van der Waals surface area contributed by atoms with Crippen LogP contribution in [0.3, 0.4) is 0 Å². The third-order valence-electron chi connectivity index (χ3n) is 4.07. The summed E-state index contributed by atoms with van der Waals surface area (Å²) in [7, 11) is 1.68. The second kappa shape index (κ2) is 7.41. The first-order valence-electron chi connectivity index (χ1n) is 7.29. The highest BCUT2D eigenvalue weighted by Gasteiger charge is 2.31. The quantitative estimate of drug-likeness (QED) is 0.833. The number of hydrogen-bond donors (Lipinski definition) is 2. The lowest BCUT2D eigenvalue weighted by atomic mass is 9.95. The van der Waals surface area contributed by atoms with Gasteiger partial charge in [0, 0.05) is 19.6 Å². The van der Waals surface area contributed by atoms with Crippen molar-refractivity contribution in [3.63, 3.8) is 0 Å². The third-order valence-corrected chi connectivity index (χ3v) is 4.07. The summed E-state index contributed by atoms with van der Waals surface area (Å²) >= 11 is 0. The van der Waals surface area contributed by atoms with Gasteiger partial charge in [0.1, 0.15) is 0 Å². The van der Waals surface area contributed by atoms with E-state index < -0.39 is 0 Å². The molecule has 1 aromatic rings. The molecule has 2 unspecified atom stereocenters. The summed E-state index contributed by atoms with van der Waals surface area (Å²) in [6.45, 7) is 1.78. The molecule has 0 heterocycles. The Kier molecular flexibility index (Phi) is 5.56. The van der Waals surface area contributed by atoms with E-state index in [0.29, 0.717) is 25.6 Å². The van der Waals surface area contributed by atoms with E-state index >= 15 is 0 Å². The Hall–Kier alpha value is -1.39. The molecule has 1 saturated carbocycles. The number of ether oxygens (including phenoxy) is 1. The van der Waals surface area contributed by atoms with Crippen LogP contribution in [0.5, 0.6) is 0 Å². The van der Waals surface area contributed by atoms with Crippen LogP contribution in [0.15, 0.2) is 24.3 Å². The lowest BCUT2D eigenvalue weighted by molar-refractivity contribution is -0.126. The molecule has 0 saturated heterocycles. The molecule has 0 spiro atoms. The lowest BCUT2D eigenvalue weighted by Gasteiger charge is -2.17. The summed E-state index contributed by atoms with van der Waals surface area (Å²) in [5, 5.41) is 3.04. The minimum Gasteiger partial charge on any atom is -0.380 e. The maximum absolute atomic E-state index is 12.2. The highest BCUT2D eigenvalue weighted by atomic mass is 16.5. The van der Waals surface area contributed by atoms with Crippen molar-refractivity contribution in [2.45, 2.75) is 32.4 Å². The molecule has 110 valence electrons. The standard InChI is InChI=1S/C16H24N2O2/c1-20-11-13-5-2-4-12(8-13)10-18-16(19)15-7-3-6-14(15)9-17/h2,4-5,8,14-15H,3,6-7,9-11,17H2,1H3,(H,18,19). The lowest BCUT2D eigenvalue weighted by Crippen LogP contribution is -2.34. The molecule has 0 radical (unpaired) electrons. The Morgan fingerprint density at radius 3 is 2.95 bits per heavy atom. The smallest absolute Gasteiger partial charge is 0.223 e. The number of rotatable bonds is 6. The molecule has 0 aliphatic heterocycles. The Morgan fingerprint density at radius 1 is 1.40 bits per heavy atom. The first-order chi connectivity index (χ1) is 9.74. The van der Waals surface area contributed by atoms with Gasteiger partial charge in [-0.15, -0.1) is 0 Å². The molecule has 3 N–H and O–H groups in total. The number of nitrogens with two attached hydrogens (primary N) is 1. The fourth-order valence-electron chi connectivity index (χ4n) is 2.98. The molecule has 20 heavy (non-hydrogen) atoms. The van der Waals surface area contributed by atoms with E-state index in [1.165, 1.54) is 0 Å². The van der Waals surface area contributed by atoms with E-state index in [2.05, 4.69) is 11.4 Å². The minimum atomic E-state index is 0.0992. The van der Waals surface area contributed by atoms with Crippen LogP contribution in [0.2, 0.25) is 0 Å². The Morgan fingerprint density at radius 2 is 2.20 bits per heavy atom. The fourth-order valence-corrected chi connectivity index (χ4v) is 2.98. The highest BCUT2D eigenvalue weighted by Crippen LogP contribution is 2.30. The van der Waals surface area contributed by atoms with Crippen molar-refractivity contribution in [3.8, 4) is 0 Å². The van der Waals surface area contributed by atoms with Crippen molar-refractivity contribution in [1.29, 1.82) is 0 Å². The summed E-state index contributed by atoms with van der Waals surface area (Å²) in [5.74, 6) is 0.604. The van der Waals surface area contributed by atoms with Gasteiger partial charge in [-0.3, -0.25) is 4.79 Å². The first kappa shape index (κ1) is 15.0. The molecular weight excluding hydrogens is 252 g/mol. The van der Waals surface area contributed by atoms with Crippen molar-refractivity contribution in [2.24, 2.45) is 17.6 Å². The SMILES string of the molecule is COCc1cccc(CNC(=O)C2CCCC2CN)c1. The molecule has 4 heteroatoms. The van der Waals surface area contributed by atoms with Gasteiger partial charge in [-0.2, -0.15) is 0 Å². The molecule has 4 nitrogen and oxygen atoms in total. The number of hydrogen-bond acceptors (Lipinski definition) is 3. The number of carbonyl (C=O) groups excluding carboxylic acids is 1. The second-order valence-corrected chi connectivity index (χ2v) is 5.50. The van der Waals surface area contributed by atoms with Gasteiger partial charge in [-0.25, -0.2) is 0 Å². The van der Waals surface area contributed by atoms with Crippen LogP contribution in [0, 0.1) is 11.8 Å². The van der Waals surface area contributed by atoms with Crippen molar-refractivity contribution >= 4 is 5.91 Å². The molecule has 1 fully saturated rings. The molecule has 1 aliphatic carbocycles. The Bertz CT molecular complexity index is 448. The van der Waals surface area contributed by atoms with E-state index in [4.69, 9.17) is 10.5 Å². The second-order valence-electron chi connectivity index (χ2n) is 5.50. The van der Waals surface area contributed by atoms with Gasteiger partial charge >= 0.3 is 0 Å². The van der Waals surface area contributed by atoms with Gasteiger partial charge in [-0.05, 0) is 36.4 Å². The van der Waals surface area contributed by atoms with E-state index in [9.17, 15) is 4.79 Å². The normalized spacial score (nSPS) is 21.9. The van der Waals surface area contributed by atoms with E-state index in [1.54, 1.807) is 7.11 Å². The molecule has 1 aliphatic rings. The highest BCUT2D eigenvalue weighted by molar-refractivity contribution is 5.79. The van der Waals surface area contributed by atoms with Crippen molar-refractivity contribution < 1.29 is 9.53 Å². The number of carbonyl (C=O) groups is 1. The number of nitrogens with one attached hydrogen (secondary N) is 1. The monoisotopic (exact) mass is 276 g/mol. The van der Waals surface area contributed by atoms with Gasteiger partial charge < -0.3 is 15.8 Å². The van der Waals surface area contributed by atoms with Crippen LogP contribution >= 0.6 is 0 Å². The van der Waals surface area contributed by atoms with Crippen LogP contribution in [-0.4, -0.2) is 19.6 Å². The largest absolute Gasteiger partial charge is 0.380 e. The number of benzene rings is 1. The van der Waals surface area contributed by atoms with Gasteiger partial charge in [0.25, 0.3) is 0 Å². The molecular formula is C16H24N2O2. The van der Waals surface area contributed by atoms with E-state index in [1.807, 2.05) is 18.2 Å². The molecule has 0 aromatic heterocycles. The summed E-state index contributed by atoms with van der Waals surface area (Å²) in [6, 6.07) is 8.11. The van der Waals surface area contributed by atoms with Gasteiger partial charge in [0.2, 0.25) is 5.91 Å². The summed E-state index contributed by atoms with van der Waals surface area (Å²) in [4.78, 5) is 12.2. The predicted molar refractivity (Wildman–Crippen MR) is 78.9 cm³/mol. The number of methoxy groups -OCH3 is 1. The topological polar surface area (TPSA) is 64.3 Å². The van der Waals surface area contributed by atoms with E-state index in [-0.39, 0.29) is 11.8 Å². The van der Waals surface area contributed by atoms with Gasteiger partial charge in [-0.1, -0.05) is 30.7 Å². The summed E-state index contributed by atoms with van der Waals surface area (Å²) in [6.07, 6.45) is 3.17. The average Bonchev–Trinajstić information content (AvgIpc) is 2.94. The van der Waals surface area contributed by atoms with Crippen LogP contribution in [0.4, 0.5) is 0 Å². The van der Waals surface area contributed by atoms with Gasteiger partial charge in [0.05, 0.1) is 6.61 Å². The Balaban J connectivity index is 1.88. The molecule has 0 bridgehead atoms. The maximum atomic E-state index is 12.2. The van der Waals surface area contributed by atoms with Gasteiger partial charge in [0.15, 0.2) is 0 Å². The third kappa shape index (κ3) is 3.81. The zero-order valence-electron chi connectivity index (χ0n) is 12.1. The summed E-state index contributed by atoms with van der Waals surface area (Å²) < 4.78 is 5.12. The Labute approximate surface area is 120 Å². The van der Waals surface area contributed by atoms with Crippen LogP contribution < -0.4 is 11.1 Å². The molecule has 2 atom stereocenters. The molecule has 2 rings (SSSR count). The van der Waals surface area contributed by atoms with Crippen molar-refractivity contribution in [2.75, 3.05) is 13.7 Å². The van der Waals surface area contributed by atoms with Crippen molar-refractivity contribution in [3.05, 3.63) is 35.4 Å².